The van der Waals surface area contributed by atoms with Crippen molar-refractivity contribution in [2.45, 2.75) is 20.5 Å². The molecule has 0 unspecified atom stereocenters. The first-order valence-electron chi connectivity index (χ1n) is 9.75. The molecule has 30 heavy (non-hydrogen) atoms. The molecule has 0 saturated heterocycles. The molecular weight excluding hydrogens is 462 g/mol. The minimum atomic E-state index is 0.436. The first-order valence-corrected chi connectivity index (χ1v) is 10.9. The molecule has 2 N–H and O–H groups in total. The normalized spacial score (nSPS) is 10.9. The highest BCUT2D eigenvalue weighted by molar-refractivity contribution is 9.10. The number of nitrogens with zero attached hydrogens (tertiary/aromatic N) is 1. The summed E-state index contributed by atoms with van der Waals surface area (Å²) >= 11 is 8.72. The predicted molar refractivity (Wildman–Crippen MR) is 131 cm³/mol. The monoisotopic (exact) mass is 485 g/mol. The Bertz CT molecular complexity index is 1050. The van der Waals surface area contributed by atoms with E-state index in [2.05, 4.69) is 56.0 Å². The van der Waals surface area contributed by atoms with Crippen LogP contribution in [0.3, 0.4) is 0 Å². The van der Waals surface area contributed by atoms with Gasteiger partial charge in [0.2, 0.25) is 0 Å². The second-order valence-corrected chi connectivity index (χ2v) is 7.68. The van der Waals surface area contributed by atoms with E-state index in [0.29, 0.717) is 29.8 Å². The molecule has 5 nitrogen and oxygen atoms in total. The van der Waals surface area contributed by atoms with E-state index in [1.807, 2.05) is 44.2 Å². The largest absolute Gasteiger partial charge is 0.490 e. The van der Waals surface area contributed by atoms with Gasteiger partial charge in [0.25, 0.3) is 0 Å². The number of fused-ring (bicyclic) bond motifs is 1. The number of halogens is 1. The first kappa shape index (κ1) is 22.1. The van der Waals surface area contributed by atoms with Crippen molar-refractivity contribution in [2.75, 3.05) is 13.2 Å². The molecule has 0 aromatic heterocycles. The highest BCUT2D eigenvalue weighted by atomic mass is 79.9. The number of hydrogen-bond donors (Lipinski definition) is 2. The number of hydrazone groups is 1. The van der Waals surface area contributed by atoms with Gasteiger partial charge >= 0.3 is 0 Å². The number of benzene rings is 3. The fourth-order valence-electron chi connectivity index (χ4n) is 3.00. The Balaban J connectivity index is 1.80. The molecular formula is C23H24BrN3O2S. The van der Waals surface area contributed by atoms with Crippen LogP contribution in [0.1, 0.15) is 25.0 Å². The molecule has 0 fully saturated rings. The molecule has 0 aliphatic rings. The molecule has 0 atom stereocenters. The molecule has 0 bridgehead atoms. The van der Waals surface area contributed by atoms with E-state index >= 15 is 0 Å². The highest BCUT2D eigenvalue weighted by Crippen LogP contribution is 2.37. The zero-order valence-electron chi connectivity index (χ0n) is 16.9. The molecule has 3 aromatic carbocycles. The van der Waals surface area contributed by atoms with Gasteiger partial charge in [0.15, 0.2) is 16.6 Å². The number of rotatable bonds is 8. The predicted octanol–water partition coefficient (Wildman–Crippen LogP) is 5.40. The fraction of sp³-hybridized carbons (Fsp3) is 0.217. The maximum absolute atomic E-state index is 6.18. The Morgan fingerprint density at radius 1 is 1.10 bits per heavy atom. The number of hydrogen-bond acceptors (Lipinski definition) is 4. The van der Waals surface area contributed by atoms with Crippen LogP contribution >= 0.6 is 28.1 Å². The summed E-state index contributed by atoms with van der Waals surface area (Å²) in [6, 6.07) is 18.3. The second-order valence-electron chi connectivity index (χ2n) is 6.42. The van der Waals surface area contributed by atoms with Crippen molar-refractivity contribution in [3.8, 4) is 11.5 Å². The van der Waals surface area contributed by atoms with Gasteiger partial charge in [-0.3, -0.25) is 5.43 Å². The van der Waals surface area contributed by atoms with Gasteiger partial charge in [0, 0.05) is 6.54 Å². The lowest BCUT2D eigenvalue weighted by atomic mass is 10.1. The zero-order valence-corrected chi connectivity index (χ0v) is 19.3. The van der Waals surface area contributed by atoms with E-state index in [1.54, 1.807) is 6.21 Å². The Morgan fingerprint density at radius 2 is 1.90 bits per heavy atom. The summed E-state index contributed by atoms with van der Waals surface area (Å²) in [6.07, 6.45) is 1.69. The van der Waals surface area contributed by atoms with Gasteiger partial charge in [-0.1, -0.05) is 42.5 Å². The van der Waals surface area contributed by atoms with Gasteiger partial charge in [-0.2, -0.15) is 5.10 Å². The summed E-state index contributed by atoms with van der Waals surface area (Å²) in [5.41, 5.74) is 4.76. The van der Waals surface area contributed by atoms with Gasteiger partial charge < -0.3 is 14.8 Å². The van der Waals surface area contributed by atoms with E-state index in [1.165, 1.54) is 10.8 Å². The summed E-state index contributed by atoms with van der Waals surface area (Å²) in [7, 11) is 0. The van der Waals surface area contributed by atoms with Crippen molar-refractivity contribution in [1.29, 1.82) is 0 Å². The third-order valence-corrected chi connectivity index (χ3v) is 5.13. The molecule has 3 rings (SSSR count). The lowest BCUT2D eigenvalue weighted by Gasteiger charge is -2.15. The van der Waals surface area contributed by atoms with Crippen LogP contribution in [0.2, 0.25) is 0 Å². The van der Waals surface area contributed by atoms with Crippen molar-refractivity contribution in [1.82, 2.24) is 10.7 Å². The molecule has 0 aliphatic heterocycles. The standard InChI is InChI=1S/C23H24BrN3O2S/c1-3-25-23(30)27-26-14-16-12-20(24)22(21(13-16)28-4-2)29-15-18-10-7-9-17-8-5-6-11-19(17)18/h5-14H,3-4,15H2,1-2H3,(H2,25,27,30)/b26-14-. The van der Waals surface area contributed by atoms with Crippen LogP contribution in [0.15, 0.2) is 64.2 Å². The molecule has 7 heteroatoms. The summed E-state index contributed by atoms with van der Waals surface area (Å²) in [5.74, 6) is 1.32. The molecule has 156 valence electrons. The Labute approximate surface area is 190 Å². The van der Waals surface area contributed by atoms with Crippen LogP contribution in [0.4, 0.5) is 0 Å². The summed E-state index contributed by atoms with van der Waals surface area (Å²) in [5, 5.41) is 10.00. The molecule has 0 amide bonds. The van der Waals surface area contributed by atoms with Crippen molar-refractivity contribution in [2.24, 2.45) is 5.10 Å². The van der Waals surface area contributed by atoms with Gasteiger partial charge in [0.05, 0.1) is 17.3 Å². The molecule has 0 radical (unpaired) electrons. The number of ether oxygens (including phenoxy) is 2. The third-order valence-electron chi connectivity index (χ3n) is 4.30. The molecule has 0 saturated carbocycles. The lowest BCUT2D eigenvalue weighted by Crippen LogP contribution is -2.31. The first-order chi connectivity index (χ1) is 14.6. The Hall–Kier alpha value is -2.64. The zero-order chi connectivity index (χ0) is 21.3. The average molecular weight is 486 g/mol. The Kier molecular flexibility index (Phi) is 8.04. The quantitative estimate of drug-likeness (QED) is 0.254. The van der Waals surface area contributed by atoms with Crippen LogP contribution < -0.4 is 20.2 Å². The SMILES string of the molecule is CCNC(=S)N/N=C\c1cc(Br)c(OCc2cccc3ccccc23)c(OCC)c1. The van der Waals surface area contributed by atoms with Crippen molar-refractivity contribution < 1.29 is 9.47 Å². The van der Waals surface area contributed by atoms with E-state index in [-0.39, 0.29) is 0 Å². The molecule has 0 aliphatic carbocycles. The van der Waals surface area contributed by atoms with Crippen molar-refractivity contribution in [3.05, 3.63) is 70.2 Å². The van der Waals surface area contributed by atoms with Crippen LogP contribution in [-0.4, -0.2) is 24.5 Å². The maximum atomic E-state index is 6.18. The van der Waals surface area contributed by atoms with Crippen LogP contribution in [0.5, 0.6) is 11.5 Å². The van der Waals surface area contributed by atoms with E-state index in [4.69, 9.17) is 21.7 Å². The van der Waals surface area contributed by atoms with Gasteiger partial charge in [-0.15, -0.1) is 0 Å². The van der Waals surface area contributed by atoms with Gasteiger partial charge in [-0.25, -0.2) is 0 Å². The smallest absolute Gasteiger partial charge is 0.186 e. The second kappa shape index (κ2) is 10.9. The topological polar surface area (TPSA) is 54.9 Å². The molecule has 3 aromatic rings. The number of nitrogens with one attached hydrogen (secondary N) is 2. The summed E-state index contributed by atoms with van der Waals surface area (Å²) in [6.45, 7) is 5.62. The van der Waals surface area contributed by atoms with Gasteiger partial charge in [0.1, 0.15) is 6.61 Å². The minimum absolute atomic E-state index is 0.436. The van der Waals surface area contributed by atoms with Crippen LogP contribution in [0.25, 0.3) is 10.8 Å². The summed E-state index contributed by atoms with van der Waals surface area (Å²) in [4.78, 5) is 0. The third kappa shape index (κ3) is 5.70. The highest BCUT2D eigenvalue weighted by Gasteiger charge is 2.13. The van der Waals surface area contributed by atoms with Crippen LogP contribution in [-0.2, 0) is 6.61 Å². The number of thiocarbonyl (C=S) groups is 1. The van der Waals surface area contributed by atoms with E-state index in [0.717, 1.165) is 22.1 Å². The van der Waals surface area contributed by atoms with Crippen molar-refractivity contribution in [3.63, 3.8) is 0 Å². The fourth-order valence-corrected chi connectivity index (χ4v) is 3.77. The lowest BCUT2D eigenvalue weighted by molar-refractivity contribution is 0.268. The van der Waals surface area contributed by atoms with Crippen molar-refractivity contribution >= 4 is 50.2 Å². The van der Waals surface area contributed by atoms with E-state index in [9.17, 15) is 0 Å². The molecule has 0 spiro atoms. The minimum Gasteiger partial charge on any atom is -0.490 e. The van der Waals surface area contributed by atoms with Gasteiger partial charge in [-0.05, 0) is 76.0 Å². The van der Waals surface area contributed by atoms with E-state index < -0.39 is 0 Å². The Morgan fingerprint density at radius 3 is 2.70 bits per heavy atom. The maximum Gasteiger partial charge on any atom is 0.186 e. The average Bonchev–Trinajstić information content (AvgIpc) is 2.73. The molecule has 0 heterocycles. The van der Waals surface area contributed by atoms with Crippen LogP contribution in [0, 0.1) is 0 Å². The summed E-state index contributed by atoms with van der Waals surface area (Å²) < 4.78 is 12.8.